The Labute approximate surface area is 152 Å². The fourth-order valence-electron chi connectivity index (χ4n) is 2.50. The van der Waals surface area contributed by atoms with Gasteiger partial charge in [0.1, 0.15) is 0 Å². The van der Waals surface area contributed by atoms with E-state index in [1.807, 2.05) is 6.07 Å². The number of aryl methyl sites for hydroxylation is 1. The van der Waals surface area contributed by atoms with Crippen LogP contribution in [0, 0.1) is 6.92 Å². The number of para-hydroxylation sites is 1. The lowest BCUT2D eigenvalue weighted by Gasteiger charge is -2.12. The molecule has 0 radical (unpaired) electrons. The largest absolute Gasteiger partial charge is 0.416 e. The maximum absolute atomic E-state index is 12.8. The average molecular weight is 373 g/mol. The van der Waals surface area contributed by atoms with Crippen LogP contribution in [0.3, 0.4) is 0 Å². The van der Waals surface area contributed by atoms with E-state index in [0.717, 1.165) is 12.1 Å². The van der Waals surface area contributed by atoms with Gasteiger partial charge in [0.15, 0.2) is 5.69 Å². The number of amides is 1. The van der Waals surface area contributed by atoms with Crippen molar-refractivity contribution >= 4 is 11.6 Å². The molecule has 0 unspecified atom stereocenters. The Morgan fingerprint density at radius 2 is 1.74 bits per heavy atom. The minimum atomic E-state index is -4.54. The summed E-state index contributed by atoms with van der Waals surface area (Å²) >= 11 is 0. The van der Waals surface area contributed by atoms with Gasteiger partial charge in [0.2, 0.25) is 5.43 Å². The number of hydrogen-bond donors (Lipinski definition) is 1. The van der Waals surface area contributed by atoms with Crippen molar-refractivity contribution in [3.63, 3.8) is 0 Å². The smallest absolute Gasteiger partial charge is 0.320 e. The van der Waals surface area contributed by atoms with E-state index < -0.39 is 28.8 Å². The Balaban J connectivity index is 1.95. The zero-order chi connectivity index (χ0) is 19.6. The van der Waals surface area contributed by atoms with Crippen molar-refractivity contribution < 1.29 is 18.0 Å². The van der Waals surface area contributed by atoms with Crippen LogP contribution >= 0.6 is 0 Å². The van der Waals surface area contributed by atoms with Gasteiger partial charge in [-0.25, -0.2) is 4.68 Å². The van der Waals surface area contributed by atoms with Crippen LogP contribution in [0.1, 0.15) is 21.7 Å². The summed E-state index contributed by atoms with van der Waals surface area (Å²) in [6.07, 6.45) is -4.54. The Hall–Kier alpha value is -3.42. The molecule has 0 aliphatic carbocycles. The van der Waals surface area contributed by atoms with E-state index in [1.165, 1.54) is 22.9 Å². The average Bonchev–Trinajstić information content (AvgIpc) is 2.62. The second kappa shape index (κ2) is 7.06. The number of carbonyl (C=O) groups is 1. The number of halogens is 3. The van der Waals surface area contributed by atoms with Crippen LogP contribution < -0.4 is 10.7 Å². The zero-order valence-electron chi connectivity index (χ0n) is 14.1. The van der Waals surface area contributed by atoms with Gasteiger partial charge >= 0.3 is 6.18 Å². The van der Waals surface area contributed by atoms with Crippen LogP contribution in [0.5, 0.6) is 0 Å². The van der Waals surface area contributed by atoms with Gasteiger partial charge in [-0.3, -0.25) is 9.59 Å². The Kier molecular flexibility index (Phi) is 4.81. The number of nitrogens with zero attached hydrogens (tertiary/aromatic N) is 2. The van der Waals surface area contributed by atoms with Crippen LogP contribution in [0.2, 0.25) is 0 Å². The molecule has 3 rings (SSSR count). The van der Waals surface area contributed by atoms with Crippen LogP contribution in [-0.4, -0.2) is 15.7 Å². The van der Waals surface area contributed by atoms with Gasteiger partial charge in [-0.2, -0.15) is 18.3 Å². The molecule has 0 fully saturated rings. The third-order valence-corrected chi connectivity index (χ3v) is 3.77. The third kappa shape index (κ3) is 4.05. The Bertz CT molecular complexity index is 1040. The molecule has 5 nitrogen and oxygen atoms in total. The van der Waals surface area contributed by atoms with E-state index in [4.69, 9.17) is 0 Å². The Morgan fingerprint density at radius 1 is 1.04 bits per heavy atom. The molecule has 0 bridgehead atoms. The van der Waals surface area contributed by atoms with Crippen molar-refractivity contribution in [2.24, 2.45) is 0 Å². The fraction of sp³-hybridized carbons (Fsp3) is 0.105. The van der Waals surface area contributed by atoms with E-state index in [-0.39, 0.29) is 5.69 Å². The second-order valence-electron chi connectivity index (χ2n) is 5.78. The van der Waals surface area contributed by atoms with E-state index >= 15 is 0 Å². The van der Waals surface area contributed by atoms with Crippen molar-refractivity contribution in [3.8, 4) is 5.69 Å². The lowest BCUT2D eigenvalue weighted by atomic mass is 10.2. The van der Waals surface area contributed by atoms with Crippen molar-refractivity contribution in [2.45, 2.75) is 13.1 Å². The molecule has 0 atom stereocenters. The van der Waals surface area contributed by atoms with Crippen LogP contribution in [0.4, 0.5) is 18.9 Å². The number of hydrogen-bond acceptors (Lipinski definition) is 3. The van der Waals surface area contributed by atoms with Crippen molar-refractivity contribution in [2.75, 3.05) is 5.32 Å². The predicted octanol–water partition coefficient (Wildman–Crippen LogP) is 3.81. The van der Waals surface area contributed by atoms with E-state index in [9.17, 15) is 22.8 Å². The third-order valence-electron chi connectivity index (χ3n) is 3.77. The highest BCUT2D eigenvalue weighted by Gasteiger charge is 2.30. The van der Waals surface area contributed by atoms with Gasteiger partial charge in [0, 0.05) is 17.4 Å². The normalized spacial score (nSPS) is 11.3. The SMILES string of the molecule is Cc1cc(=O)c(C(=O)Nc2cccc(C(F)(F)F)c2)nn1-c1ccccc1. The van der Waals surface area contributed by atoms with Gasteiger partial charge in [-0.15, -0.1) is 0 Å². The summed E-state index contributed by atoms with van der Waals surface area (Å²) in [6, 6.07) is 14.3. The van der Waals surface area contributed by atoms with Gasteiger partial charge in [0.25, 0.3) is 5.91 Å². The monoisotopic (exact) mass is 373 g/mol. The summed E-state index contributed by atoms with van der Waals surface area (Å²) in [7, 11) is 0. The summed E-state index contributed by atoms with van der Waals surface area (Å²) in [5.74, 6) is -0.885. The molecule has 0 aliphatic heterocycles. The van der Waals surface area contributed by atoms with Gasteiger partial charge in [0.05, 0.1) is 11.3 Å². The van der Waals surface area contributed by atoms with Gasteiger partial charge in [-0.1, -0.05) is 24.3 Å². The lowest BCUT2D eigenvalue weighted by Crippen LogP contribution is -2.27. The number of carbonyl (C=O) groups excluding carboxylic acids is 1. The minimum Gasteiger partial charge on any atom is -0.320 e. The summed E-state index contributed by atoms with van der Waals surface area (Å²) < 4.78 is 39.8. The summed E-state index contributed by atoms with van der Waals surface area (Å²) in [5, 5.41) is 6.37. The molecule has 2 aromatic carbocycles. The maximum Gasteiger partial charge on any atom is 0.416 e. The van der Waals surface area contributed by atoms with Gasteiger partial charge < -0.3 is 5.32 Å². The maximum atomic E-state index is 12.8. The van der Waals surface area contributed by atoms with Crippen molar-refractivity contribution in [1.29, 1.82) is 0 Å². The number of rotatable bonds is 3. The first kappa shape index (κ1) is 18.4. The topological polar surface area (TPSA) is 64.0 Å². The molecule has 0 saturated heterocycles. The minimum absolute atomic E-state index is 0.0807. The van der Waals surface area contributed by atoms with Crippen LogP contribution in [0.15, 0.2) is 65.5 Å². The summed E-state index contributed by atoms with van der Waals surface area (Å²) in [5.41, 5.74) is -0.863. The standard InChI is InChI=1S/C19H14F3N3O2/c1-12-10-16(26)17(24-25(12)15-8-3-2-4-9-15)18(27)23-14-7-5-6-13(11-14)19(20,21)22/h2-11H,1H3,(H,23,27). The number of aromatic nitrogens is 2. The molecule has 1 heterocycles. The lowest BCUT2D eigenvalue weighted by molar-refractivity contribution is -0.137. The Morgan fingerprint density at radius 3 is 2.41 bits per heavy atom. The first-order valence-corrected chi connectivity index (χ1v) is 7.91. The first-order chi connectivity index (χ1) is 12.8. The van der Waals surface area contributed by atoms with Crippen LogP contribution in [0.25, 0.3) is 5.69 Å². The molecular formula is C19H14F3N3O2. The highest BCUT2D eigenvalue weighted by atomic mass is 19.4. The van der Waals surface area contributed by atoms with Crippen molar-refractivity contribution in [3.05, 3.63) is 87.8 Å². The summed E-state index contributed by atoms with van der Waals surface area (Å²) in [4.78, 5) is 24.6. The highest BCUT2D eigenvalue weighted by Crippen LogP contribution is 2.30. The second-order valence-corrected chi connectivity index (χ2v) is 5.78. The highest BCUT2D eigenvalue weighted by molar-refractivity contribution is 6.02. The quantitative estimate of drug-likeness (QED) is 0.759. The van der Waals surface area contributed by atoms with Crippen LogP contribution in [-0.2, 0) is 6.18 Å². The fourth-order valence-corrected chi connectivity index (χ4v) is 2.50. The number of alkyl halides is 3. The van der Waals surface area contributed by atoms with E-state index in [0.29, 0.717) is 11.4 Å². The molecule has 0 spiro atoms. The number of benzene rings is 2. The molecule has 0 saturated carbocycles. The van der Waals surface area contributed by atoms with E-state index in [1.54, 1.807) is 31.2 Å². The summed E-state index contributed by atoms with van der Waals surface area (Å²) in [6.45, 7) is 1.66. The molecule has 138 valence electrons. The van der Waals surface area contributed by atoms with E-state index in [2.05, 4.69) is 10.4 Å². The van der Waals surface area contributed by atoms with Gasteiger partial charge in [-0.05, 0) is 37.3 Å². The predicted molar refractivity (Wildman–Crippen MR) is 94.0 cm³/mol. The molecule has 1 aromatic heterocycles. The molecular weight excluding hydrogens is 359 g/mol. The molecule has 27 heavy (non-hydrogen) atoms. The first-order valence-electron chi connectivity index (χ1n) is 7.91. The number of anilines is 1. The molecule has 8 heteroatoms. The number of nitrogens with one attached hydrogen (secondary N) is 1. The molecule has 1 N–H and O–H groups in total. The molecule has 0 aliphatic rings. The molecule has 3 aromatic rings. The zero-order valence-corrected chi connectivity index (χ0v) is 14.1. The van der Waals surface area contributed by atoms with Crippen molar-refractivity contribution in [1.82, 2.24) is 9.78 Å². The molecule has 1 amide bonds.